The molecule has 1 aromatic carbocycles. The smallest absolute Gasteiger partial charge is 0.140 e. The molecule has 2 heteroatoms. The van der Waals surface area contributed by atoms with E-state index in [9.17, 15) is 0 Å². The molecule has 2 N–H and O–H groups in total. The van der Waals surface area contributed by atoms with Crippen molar-refractivity contribution >= 4 is 0 Å². The van der Waals surface area contributed by atoms with Crippen molar-refractivity contribution in [2.45, 2.75) is 58.2 Å². The van der Waals surface area contributed by atoms with Gasteiger partial charge in [0.25, 0.3) is 0 Å². The third kappa shape index (κ3) is 2.77. The average molecular weight is 274 g/mol. The first-order valence-electron chi connectivity index (χ1n) is 8.43. The molecule has 2 aliphatic rings. The van der Waals surface area contributed by atoms with E-state index in [4.69, 9.17) is 0 Å². The van der Waals surface area contributed by atoms with Gasteiger partial charge in [0.15, 0.2) is 0 Å². The summed E-state index contributed by atoms with van der Waals surface area (Å²) in [4.78, 5) is 3.69. The molecule has 2 heterocycles. The van der Waals surface area contributed by atoms with E-state index in [2.05, 4.69) is 45.0 Å². The second-order valence-electron chi connectivity index (χ2n) is 7.18. The molecule has 1 aromatic rings. The molecule has 0 aromatic heterocycles. The molecule has 0 amide bonds. The number of nitrogens with one attached hydrogen (secondary N) is 2. The Morgan fingerprint density at radius 1 is 1.10 bits per heavy atom. The quantitative estimate of drug-likeness (QED) is 0.801. The third-order valence-corrected chi connectivity index (χ3v) is 5.63. The molecule has 2 fully saturated rings. The molecular formula is C18H30N2+2. The molecule has 4 atom stereocenters. The minimum Gasteiger partial charge on any atom is -0.323 e. The average Bonchev–Trinajstić information content (AvgIpc) is 2.92. The van der Waals surface area contributed by atoms with Gasteiger partial charge in [-0.1, -0.05) is 38.1 Å². The van der Waals surface area contributed by atoms with E-state index >= 15 is 0 Å². The summed E-state index contributed by atoms with van der Waals surface area (Å²) in [6.07, 6.45) is 2.90. The van der Waals surface area contributed by atoms with Crippen molar-refractivity contribution in [3.05, 3.63) is 35.4 Å². The number of hydrogen-bond donors (Lipinski definition) is 2. The summed E-state index contributed by atoms with van der Waals surface area (Å²) in [6, 6.07) is 11.1. The van der Waals surface area contributed by atoms with Crippen molar-refractivity contribution in [1.82, 2.24) is 0 Å². The summed E-state index contributed by atoms with van der Waals surface area (Å²) in [5.74, 6) is 0.640. The number of quaternary nitrogens is 2. The lowest BCUT2D eigenvalue weighted by molar-refractivity contribution is -1.05. The van der Waals surface area contributed by atoms with Crippen LogP contribution in [-0.2, 0) is 6.54 Å². The topological polar surface area (TPSA) is 8.88 Å². The van der Waals surface area contributed by atoms with Gasteiger partial charge in [0, 0.05) is 18.4 Å². The summed E-state index contributed by atoms with van der Waals surface area (Å²) in [6.45, 7) is 12.4. The van der Waals surface area contributed by atoms with Gasteiger partial charge < -0.3 is 9.80 Å². The highest BCUT2D eigenvalue weighted by molar-refractivity contribution is 5.24. The largest absolute Gasteiger partial charge is 0.323 e. The standard InChI is InChI=1S/C18H28N2/c1-14(2)17-8-6-16(7-9-17)13-20-12-11-19-10-4-5-18(19)15(20)3/h6-9,14-15,18H,4-5,10-13H2,1-3H3/p+2/t15-,18+/m1/s1. The molecule has 0 saturated carbocycles. The normalized spacial score (nSPS) is 33.4. The monoisotopic (exact) mass is 274 g/mol. The maximum atomic E-state index is 2.48. The van der Waals surface area contributed by atoms with E-state index < -0.39 is 0 Å². The fourth-order valence-corrected chi connectivity index (χ4v) is 4.22. The molecule has 110 valence electrons. The van der Waals surface area contributed by atoms with Crippen molar-refractivity contribution in [1.29, 1.82) is 0 Å². The SMILES string of the molecule is CC(C)c1ccc(C[NH+]2CC[NH+]3CCC[C@H]3[C@H]2C)cc1. The molecule has 0 aliphatic carbocycles. The Balaban J connectivity index is 1.65. The van der Waals surface area contributed by atoms with E-state index in [0.29, 0.717) is 5.92 Å². The van der Waals surface area contributed by atoms with Gasteiger partial charge in [-0.2, -0.15) is 0 Å². The van der Waals surface area contributed by atoms with Gasteiger partial charge in [0.05, 0.1) is 6.54 Å². The highest BCUT2D eigenvalue weighted by Gasteiger charge is 2.42. The van der Waals surface area contributed by atoms with Gasteiger partial charge in [-0.05, 0) is 18.4 Å². The second kappa shape index (κ2) is 5.87. The molecule has 0 spiro atoms. The van der Waals surface area contributed by atoms with Crippen LogP contribution in [0.15, 0.2) is 24.3 Å². The summed E-state index contributed by atoms with van der Waals surface area (Å²) in [7, 11) is 0. The molecule has 20 heavy (non-hydrogen) atoms. The first-order valence-corrected chi connectivity index (χ1v) is 8.43. The Morgan fingerprint density at radius 2 is 1.85 bits per heavy atom. The van der Waals surface area contributed by atoms with Crippen molar-refractivity contribution in [2.24, 2.45) is 0 Å². The summed E-state index contributed by atoms with van der Waals surface area (Å²) >= 11 is 0. The van der Waals surface area contributed by atoms with Crippen molar-refractivity contribution in [2.75, 3.05) is 19.6 Å². The van der Waals surface area contributed by atoms with Crippen LogP contribution in [0.4, 0.5) is 0 Å². The molecule has 2 nitrogen and oxygen atoms in total. The van der Waals surface area contributed by atoms with Crippen molar-refractivity contribution < 1.29 is 9.80 Å². The van der Waals surface area contributed by atoms with Crippen LogP contribution in [0.1, 0.15) is 50.7 Å². The second-order valence-corrected chi connectivity index (χ2v) is 7.18. The number of rotatable bonds is 3. The first kappa shape index (κ1) is 14.1. The lowest BCUT2D eigenvalue weighted by Crippen LogP contribution is -3.31. The zero-order valence-corrected chi connectivity index (χ0v) is 13.3. The minimum absolute atomic E-state index is 0.640. The molecule has 2 unspecified atom stereocenters. The van der Waals surface area contributed by atoms with Crippen molar-refractivity contribution in [3.8, 4) is 0 Å². The number of piperazine rings is 1. The van der Waals surface area contributed by atoms with E-state index in [-0.39, 0.29) is 0 Å². The van der Waals surface area contributed by atoms with Gasteiger partial charge in [-0.25, -0.2) is 0 Å². The molecule has 2 aliphatic heterocycles. The van der Waals surface area contributed by atoms with Gasteiger partial charge in [0.2, 0.25) is 0 Å². The molecule has 2 saturated heterocycles. The van der Waals surface area contributed by atoms with E-state index in [1.54, 1.807) is 4.90 Å². The predicted octanol–water partition coefficient (Wildman–Crippen LogP) is 0.644. The van der Waals surface area contributed by atoms with Crippen LogP contribution in [0.5, 0.6) is 0 Å². The Kier molecular flexibility index (Phi) is 4.13. The molecule has 3 rings (SSSR count). The fraction of sp³-hybridized carbons (Fsp3) is 0.667. The summed E-state index contributed by atoms with van der Waals surface area (Å²) in [5, 5.41) is 0. The summed E-state index contributed by atoms with van der Waals surface area (Å²) < 4.78 is 0. The zero-order chi connectivity index (χ0) is 14.1. The maximum absolute atomic E-state index is 2.48. The fourth-order valence-electron chi connectivity index (χ4n) is 4.22. The van der Waals surface area contributed by atoms with Crippen LogP contribution in [0.3, 0.4) is 0 Å². The van der Waals surface area contributed by atoms with Crippen LogP contribution < -0.4 is 9.80 Å². The third-order valence-electron chi connectivity index (χ3n) is 5.63. The Morgan fingerprint density at radius 3 is 2.55 bits per heavy atom. The Hall–Kier alpha value is -0.860. The van der Waals surface area contributed by atoms with Crippen molar-refractivity contribution in [3.63, 3.8) is 0 Å². The van der Waals surface area contributed by atoms with Crippen LogP contribution in [0, 0.1) is 0 Å². The lowest BCUT2D eigenvalue weighted by Gasteiger charge is -2.37. The predicted molar refractivity (Wildman–Crippen MR) is 83.2 cm³/mol. The van der Waals surface area contributed by atoms with Gasteiger partial charge in [0.1, 0.15) is 31.7 Å². The zero-order valence-electron chi connectivity index (χ0n) is 13.3. The first-order chi connectivity index (χ1) is 9.65. The number of fused-ring (bicyclic) bond motifs is 1. The lowest BCUT2D eigenvalue weighted by atomic mass is 10.00. The number of hydrogen-bond acceptors (Lipinski definition) is 0. The van der Waals surface area contributed by atoms with Crippen LogP contribution in [0.25, 0.3) is 0 Å². The van der Waals surface area contributed by atoms with E-state index in [1.807, 2.05) is 4.90 Å². The van der Waals surface area contributed by atoms with Gasteiger partial charge >= 0.3 is 0 Å². The van der Waals surface area contributed by atoms with Crippen LogP contribution in [0.2, 0.25) is 0 Å². The van der Waals surface area contributed by atoms with Crippen LogP contribution in [-0.4, -0.2) is 31.7 Å². The van der Waals surface area contributed by atoms with Gasteiger partial charge in [-0.15, -0.1) is 0 Å². The van der Waals surface area contributed by atoms with Crippen LogP contribution >= 0.6 is 0 Å². The van der Waals surface area contributed by atoms with E-state index in [0.717, 1.165) is 12.1 Å². The number of benzene rings is 1. The molecule has 0 radical (unpaired) electrons. The summed E-state index contributed by atoms with van der Waals surface area (Å²) in [5.41, 5.74) is 2.97. The Bertz CT molecular complexity index is 437. The Labute approximate surface area is 123 Å². The maximum Gasteiger partial charge on any atom is 0.140 e. The highest BCUT2D eigenvalue weighted by atomic mass is 15.3. The minimum atomic E-state index is 0.640. The molecule has 0 bridgehead atoms. The highest BCUT2D eigenvalue weighted by Crippen LogP contribution is 2.14. The molecular weight excluding hydrogens is 244 g/mol. The van der Waals surface area contributed by atoms with Gasteiger partial charge in [-0.3, -0.25) is 0 Å². The van der Waals surface area contributed by atoms with E-state index in [1.165, 1.54) is 50.1 Å².